The minimum Gasteiger partial charge on any atom is -0.486 e. The largest absolute Gasteiger partial charge is 0.486 e. The zero-order valence-electron chi connectivity index (χ0n) is 11.6. The summed E-state index contributed by atoms with van der Waals surface area (Å²) in [7, 11) is 0. The number of rotatable bonds is 1. The van der Waals surface area contributed by atoms with Crippen molar-refractivity contribution in [1.29, 1.82) is 5.26 Å². The first-order valence-corrected chi connectivity index (χ1v) is 7.08. The molecule has 1 fully saturated rings. The first-order valence-electron chi connectivity index (χ1n) is 6.70. The highest BCUT2D eigenvalue weighted by Gasteiger charge is 2.33. The van der Waals surface area contributed by atoms with E-state index in [1.807, 2.05) is 13.8 Å². The van der Waals surface area contributed by atoms with Gasteiger partial charge < -0.3 is 14.4 Å². The van der Waals surface area contributed by atoms with Crippen molar-refractivity contribution in [1.82, 2.24) is 9.97 Å². The Kier molecular flexibility index (Phi) is 4.99. The number of nitrogens with zero attached hydrogens (tertiary/aromatic N) is 4. The summed E-state index contributed by atoms with van der Waals surface area (Å²) in [5, 5.41) is 8.95. The molecule has 2 aliphatic heterocycles. The molecule has 0 bridgehead atoms. The normalized spacial score (nSPS) is 19.7. The second kappa shape index (κ2) is 6.73. The lowest BCUT2D eigenvalue weighted by Crippen LogP contribution is -2.51. The third-order valence-corrected chi connectivity index (χ3v) is 3.23. The third-order valence-electron chi connectivity index (χ3n) is 3.06. The Morgan fingerprint density at radius 2 is 2.20 bits per heavy atom. The number of hydrogen-bond acceptors (Lipinski definition) is 6. The zero-order chi connectivity index (χ0) is 14.5. The molecule has 0 saturated carbocycles. The Hall–Kier alpha value is -1.58. The molecule has 1 aromatic rings. The minimum absolute atomic E-state index is 0.148. The quantitative estimate of drug-likeness (QED) is 0.736. The molecule has 1 aromatic heterocycles. The van der Waals surface area contributed by atoms with E-state index < -0.39 is 0 Å². The highest BCUT2D eigenvalue weighted by molar-refractivity contribution is 6.28. The van der Waals surface area contributed by atoms with Gasteiger partial charge in [-0.2, -0.15) is 10.2 Å². The van der Waals surface area contributed by atoms with Crippen LogP contribution in [0.2, 0.25) is 5.28 Å². The lowest BCUT2D eigenvalue weighted by atomic mass is 10.1. The summed E-state index contributed by atoms with van der Waals surface area (Å²) in [5.41, 5.74) is 0.553. The molecule has 6 nitrogen and oxygen atoms in total. The average Bonchev–Trinajstić information content (AvgIpc) is 2.49. The number of fused-ring (bicyclic) bond motifs is 3. The average molecular weight is 297 g/mol. The fraction of sp³-hybridized carbons (Fsp3) is 0.615. The highest BCUT2D eigenvalue weighted by atomic mass is 35.5. The van der Waals surface area contributed by atoms with Crippen LogP contribution in [0.4, 0.5) is 5.82 Å². The fourth-order valence-corrected chi connectivity index (χ4v) is 2.42. The molecule has 20 heavy (non-hydrogen) atoms. The van der Waals surface area contributed by atoms with Gasteiger partial charge in [-0.15, -0.1) is 0 Å². The van der Waals surface area contributed by atoms with Crippen LogP contribution in [0.25, 0.3) is 0 Å². The molecule has 0 N–H and O–H groups in total. The second-order valence-electron chi connectivity index (χ2n) is 4.16. The number of nitriles is 1. The van der Waals surface area contributed by atoms with E-state index in [1.165, 1.54) is 0 Å². The smallest absolute Gasteiger partial charge is 0.224 e. The Morgan fingerprint density at radius 3 is 2.95 bits per heavy atom. The standard InChI is InChI=1S/C11H11ClN4O2.C2H6/c12-11-14-8(1-2-13)9-10(15-11)16-3-4-17-5-7(16)6-18-9;1-2/h7H,1,3-6H2;1-2H3. The fourth-order valence-electron chi connectivity index (χ4n) is 2.24. The SMILES string of the molecule is CC.N#CCc1nc(Cl)nc2c1OCC1COCCN21. The summed E-state index contributed by atoms with van der Waals surface area (Å²) < 4.78 is 11.1. The van der Waals surface area contributed by atoms with Crippen LogP contribution in [0.5, 0.6) is 5.75 Å². The minimum atomic E-state index is 0.148. The van der Waals surface area contributed by atoms with E-state index in [0.717, 1.165) is 6.54 Å². The van der Waals surface area contributed by atoms with Gasteiger partial charge in [-0.05, 0) is 11.6 Å². The topological polar surface area (TPSA) is 71.3 Å². The van der Waals surface area contributed by atoms with E-state index in [4.69, 9.17) is 26.3 Å². The van der Waals surface area contributed by atoms with Crippen molar-refractivity contribution in [3.8, 4) is 11.8 Å². The van der Waals surface area contributed by atoms with E-state index in [1.54, 1.807) is 0 Å². The van der Waals surface area contributed by atoms with Gasteiger partial charge in [0, 0.05) is 6.54 Å². The van der Waals surface area contributed by atoms with E-state index in [0.29, 0.717) is 37.1 Å². The van der Waals surface area contributed by atoms with Crippen LogP contribution in [-0.4, -0.2) is 42.4 Å². The van der Waals surface area contributed by atoms with E-state index in [9.17, 15) is 0 Å². The number of hydrogen-bond donors (Lipinski definition) is 0. The van der Waals surface area contributed by atoms with Crippen LogP contribution in [0, 0.1) is 11.3 Å². The maximum atomic E-state index is 8.80. The first-order chi connectivity index (χ1) is 9.79. The molecule has 0 aliphatic carbocycles. The maximum absolute atomic E-state index is 8.80. The van der Waals surface area contributed by atoms with Crippen LogP contribution >= 0.6 is 11.6 Å². The molecule has 0 aromatic carbocycles. The molecular formula is C13H17ClN4O2. The Balaban J connectivity index is 0.000000704. The van der Waals surface area contributed by atoms with Gasteiger partial charge >= 0.3 is 0 Å². The molecule has 3 rings (SSSR count). The molecule has 1 saturated heterocycles. The molecule has 0 radical (unpaired) electrons. The van der Waals surface area contributed by atoms with Crippen molar-refractivity contribution in [2.45, 2.75) is 26.3 Å². The molecule has 7 heteroatoms. The number of morpholine rings is 1. The number of anilines is 1. The van der Waals surface area contributed by atoms with Crippen LogP contribution in [0.1, 0.15) is 19.5 Å². The van der Waals surface area contributed by atoms with E-state index >= 15 is 0 Å². The molecule has 108 valence electrons. The Bertz CT molecular complexity index is 518. The van der Waals surface area contributed by atoms with Gasteiger partial charge in [-0.3, -0.25) is 0 Å². The van der Waals surface area contributed by atoms with Gasteiger partial charge in [0.2, 0.25) is 5.28 Å². The summed E-state index contributed by atoms with van der Waals surface area (Å²) in [6, 6.07) is 2.22. The molecular weight excluding hydrogens is 280 g/mol. The van der Waals surface area contributed by atoms with Gasteiger partial charge in [0.1, 0.15) is 12.3 Å². The molecule has 0 amide bonds. The van der Waals surface area contributed by atoms with Crippen LogP contribution in [0.3, 0.4) is 0 Å². The number of ether oxygens (including phenoxy) is 2. The van der Waals surface area contributed by atoms with Crippen LogP contribution in [-0.2, 0) is 11.2 Å². The predicted molar refractivity (Wildman–Crippen MR) is 75.2 cm³/mol. The van der Waals surface area contributed by atoms with Gasteiger partial charge in [0.15, 0.2) is 11.6 Å². The second-order valence-corrected chi connectivity index (χ2v) is 4.50. The van der Waals surface area contributed by atoms with Crippen molar-refractivity contribution >= 4 is 17.4 Å². The Labute approximate surface area is 123 Å². The number of aromatic nitrogens is 2. The molecule has 1 unspecified atom stereocenters. The monoisotopic (exact) mass is 296 g/mol. The lowest BCUT2D eigenvalue weighted by molar-refractivity contribution is 0.0693. The van der Waals surface area contributed by atoms with Crippen molar-refractivity contribution in [3.63, 3.8) is 0 Å². The van der Waals surface area contributed by atoms with E-state index in [2.05, 4.69) is 20.9 Å². The van der Waals surface area contributed by atoms with Crippen molar-refractivity contribution in [3.05, 3.63) is 11.0 Å². The van der Waals surface area contributed by atoms with Crippen molar-refractivity contribution in [2.24, 2.45) is 0 Å². The van der Waals surface area contributed by atoms with Gasteiger partial charge in [-0.25, -0.2) is 4.98 Å². The Morgan fingerprint density at radius 1 is 1.40 bits per heavy atom. The molecule has 0 spiro atoms. The third kappa shape index (κ3) is 2.79. The summed E-state index contributed by atoms with van der Waals surface area (Å²) >= 11 is 5.90. The van der Waals surface area contributed by atoms with Crippen LogP contribution in [0.15, 0.2) is 0 Å². The first kappa shape index (κ1) is 14.8. The summed E-state index contributed by atoms with van der Waals surface area (Å²) in [5.74, 6) is 1.26. The lowest BCUT2D eigenvalue weighted by Gasteiger charge is -2.40. The maximum Gasteiger partial charge on any atom is 0.224 e. The van der Waals surface area contributed by atoms with Gasteiger partial charge in [0.25, 0.3) is 0 Å². The summed E-state index contributed by atoms with van der Waals surface area (Å²) in [6.07, 6.45) is 0.166. The zero-order valence-corrected chi connectivity index (χ0v) is 12.4. The van der Waals surface area contributed by atoms with E-state index in [-0.39, 0.29) is 17.7 Å². The molecule has 3 heterocycles. The highest BCUT2D eigenvalue weighted by Crippen LogP contribution is 2.36. The van der Waals surface area contributed by atoms with Gasteiger partial charge in [0.05, 0.1) is 31.7 Å². The van der Waals surface area contributed by atoms with Gasteiger partial charge in [-0.1, -0.05) is 13.8 Å². The van der Waals surface area contributed by atoms with Crippen molar-refractivity contribution < 1.29 is 9.47 Å². The summed E-state index contributed by atoms with van der Waals surface area (Å²) in [4.78, 5) is 10.4. The molecule has 2 aliphatic rings. The van der Waals surface area contributed by atoms with Crippen molar-refractivity contribution in [2.75, 3.05) is 31.3 Å². The number of halogens is 1. The molecule has 1 atom stereocenters. The van der Waals surface area contributed by atoms with Crippen LogP contribution < -0.4 is 9.64 Å². The predicted octanol–water partition coefficient (Wildman–Crippen LogP) is 1.82. The summed E-state index contributed by atoms with van der Waals surface area (Å²) in [6.45, 7) is 6.55.